The highest BCUT2D eigenvalue weighted by Gasteiger charge is 2.18. The zero-order valence-electron chi connectivity index (χ0n) is 9.15. The highest BCUT2D eigenvalue weighted by molar-refractivity contribution is 5.89. The van der Waals surface area contributed by atoms with Crippen molar-refractivity contribution < 1.29 is 24.2 Å². The maximum Gasteiger partial charge on any atom is 0.362 e. The van der Waals surface area contributed by atoms with E-state index < -0.39 is 29.8 Å². The number of rotatable bonds is 6. The number of aliphatic hydroxyl groups is 1. The Kier molecular flexibility index (Phi) is 6.50. The van der Waals surface area contributed by atoms with Crippen LogP contribution < -0.4 is 0 Å². The monoisotopic (exact) mass is 230 g/mol. The van der Waals surface area contributed by atoms with Crippen molar-refractivity contribution in [2.75, 3.05) is 13.2 Å². The Labute approximate surface area is 92.6 Å². The summed E-state index contributed by atoms with van der Waals surface area (Å²) in [6.45, 7) is 3.44. The molecule has 0 aromatic heterocycles. The van der Waals surface area contributed by atoms with Gasteiger partial charge in [-0.1, -0.05) is 0 Å². The standard InChI is InChI=1S/C9H14N2O5/c1-3-15-7(13)5-6(12)8(11-10)9(14)16-4-2/h10,12H,3-5H2,1-2H3/b8-6+,11-10?. The number of esters is 2. The second kappa shape index (κ2) is 7.38. The highest BCUT2D eigenvalue weighted by atomic mass is 16.5. The number of ether oxygens (including phenoxy) is 2. The number of carbonyl (C=O) groups excluding carboxylic acids is 2. The van der Waals surface area contributed by atoms with Gasteiger partial charge in [0.05, 0.1) is 13.2 Å². The number of aliphatic hydroxyl groups excluding tert-OH is 1. The average Bonchev–Trinajstić information content (AvgIpc) is 2.19. The molecule has 2 N–H and O–H groups in total. The number of nitrogens with one attached hydrogen (secondary N) is 1. The Hall–Kier alpha value is -1.92. The summed E-state index contributed by atoms with van der Waals surface area (Å²) < 4.78 is 9.09. The van der Waals surface area contributed by atoms with Gasteiger partial charge in [0.15, 0.2) is 0 Å². The van der Waals surface area contributed by atoms with Crippen molar-refractivity contribution in [3.63, 3.8) is 0 Å². The van der Waals surface area contributed by atoms with Crippen LogP contribution in [-0.2, 0) is 19.1 Å². The Morgan fingerprint density at radius 1 is 1.25 bits per heavy atom. The third kappa shape index (κ3) is 4.54. The van der Waals surface area contributed by atoms with Gasteiger partial charge in [-0.15, -0.1) is 5.11 Å². The first-order valence-electron chi connectivity index (χ1n) is 4.69. The predicted octanol–water partition coefficient (Wildman–Crippen LogP) is 1.30. The van der Waals surface area contributed by atoms with Gasteiger partial charge in [0.2, 0.25) is 5.70 Å². The van der Waals surface area contributed by atoms with Gasteiger partial charge in [-0.2, -0.15) is 0 Å². The number of nitrogens with zero attached hydrogens (tertiary/aromatic N) is 1. The summed E-state index contributed by atoms with van der Waals surface area (Å²) >= 11 is 0. The average molecular weight is 230 g/mol. The summed E-state index contributed by atoms with van der Waals surface area (Å²) in [7, 11) is 0. The largest absolute Gasteiger partial charge is 0.509 e. The van der Waals surface area contributed by atoms with Crippen LogP contribution in [0.1, 0.15) is 20.3 Å². The van der Waals surface area contributed by atoms with Crippen molar-refractivity contribution in [3.8, 4) is 0 Å². The summed E-state index contributed by atoms with van der Waals surface area (Å²) in [4.78, 5) is 22.1. The van der Waals surface area contributed by atoms with E-state index in [-0.39, 0.29) is 13.2 Å². The maximum atomic E-state index is 11.1. The van der Waals surface area contributed by atoms with Gasteiger partial charge in [0.1, 0.15) is 12.2 Å². The van der Waals surface area contributed by atoms with Gasteiger partial charge < -0.3 is 14.6 Å². The Morgan fingerprint density at radius 2 is 1.81 bits per heavy atom. The molecule has 90 valence electrons. The van der Waals surface area contributed by atoms with Gasteiger partial charge >= 0.3 is 11.9 Å². The second-order valence-electron chi connectivity index (χ2n) is 2.61. The third-order valence-corrected chi connectivity index (χ3v) is 1.47. The molecule has 0 rings (SSSR count). The zero-order chi connectivity index (χ0) is 12.6. The van der Waals surface area contributed by atoms with Crippen LogP contribution in [0.3, 0.4) is 0 Å². The van der Waals surface area contributed by atoms with E-state index in [0.717, 1.165) is 0 Å². The van der Waals surface area contributed by atoms with Crippen LogP contribution in [0.5, 0.6) is 0 Å². The van der Waals surface area contributed by atoms with E-state index in [4.69, 9.17) is 5.53 Å². The lowest BCUT2D eigenvalue weighted by atomic mass is 10.3. The van der Waals surface area contributed by atoms with Crippen molar-refractivity contribution in [2.24, 2.45) is 5.11 Å². The topological polar surface area (TPSA) is 109 Å². The van der Waals surface area contributed by atoms with Crippen LogP contribution >= 0.6 is 0 Å². The van der Waals surface area contributed by atoms with Gasteiger partial charge in [-0.3, -0.25) is 4.79 Å². The molecule has 0 bridgehead atoms. The van der Waals surface area contributed by atoms with Crippen LogP contribution in [0, 0.1) is 5.53 Å². The van der Waals surface area contributed by atoms with E-state index >= 15 is 0 Å². The molecule has 0 aromatic carbocycles. The number of carbonyl (C=O) groups is 2. The Morgan fingerprint density at radius 3 is 2.25 bits per heavy atom. The van der Waals surface area contributed by atoms with E-state index in [2.05, 4.69) is 14.6 Å². The van der Waals surface area contributed by atoms with Crippen molar-refractivity contribution >= 4 is 11.9 Å². The molecule has 0 amide bonds. The van der Waals surface area contributed by atoms with Crippen LogP contribution in [0.25, 0.3) is 0 Å². The molecule has 0 spiro atoms. The minimum atomic E-state index is -0.945. The van der Waals surface area contributed by atoms with Crippen molar-refractivity contribution in [3.05, 3.63) is 11.5 Å². The maximum absolute atomic E-state index is 11.1. The minimum absolute atomic E-state index is 0.0878. The van der Waals surface area contributed by atoms with Crippen LogP contribution in [0.2, 0.25) is 0 Å². The number of hydrogen-bond donors (Lipinski definition) is 2. The molecule has 0 saturated carbocycles. The summed E-state index contributed by atoms with van der Waals surface area (Å²) in [6, 6.07) is 0. The van der Waals surface area contributed by atoms with Crippen LogP contribution in [-0.4, -0.2) is 30.3 Å². The molecule has 0 saturated heterocycles. The molecule has 0 heterocycles. The van der Waals surface area contributed by atoms with E-state index in [1.807, 2.05) is 0 Å². The molecule has 0 fully saturated rings. The van der Waals surface area contributed by atoms with Crippen molar-refractivity contribution in [2.45, 2.75) is 20.3 Å². The Bertz CT molecular complexity index is 311. The summed E-state index contributed by atoms with van der Waals surface area (Å²) in [6.07, 6.45) is -0.510. The fraction of sp³-hybridized carbons (Fsp3) is 0.556. The molecule has 7 nitrogen and oxygen atoms in total. The summed E-state index contributed by atoms with van der Waals surface area (Å²) in [5, 5.41) is 12.2. The highest BCUT2D eigenvalue weighted by Crippen LogP contribution is 2.10. The fourth-order valence-corrected chi connectivity index (χ4v) is 0.860. The normalized spacial score (nSPS) is 11.4. The first kappa shape index (κ1) is 14.1. The van der Waals surface area contributed by atoms with Gasteiger partial charge in [-0.25, -0.2) is 10.3 Å². The van der Waals surface area contributed by atoms with E-state index in [9.17, 15) is 14.7 Å². The first-order chi connectivity index (χ1) is 7.56. The SMILES string of the molecule is CCOC(=O)C/C(O)=C(\N=N)C(=O)OCC. The van der Waals surface area contributed by atoms with Gasteiger partial charge in [0, 0.05) is 0 Å². The zero-order valence-corrected chi connectivity index (χ0v) is 9.15. The quantitative estimate of drug-likeness (QED) is 0.309. The molecule has 0 atom stereocenters. The molecule has 16 heavy (non-hydrogen) atoms. The predicted molar refractivity (Wildman–Crippen MR) is 52.7 cm³/mol. The van der Waals surface area contributed by atoms with Crippen molar-refractivity contribution in [1.29, 1.82) is 5.53 Å². The molecule has 0 unspecified atom stereocenters. The molecule has 0 aliphatic heterocycles. The summed E-state index contributed by atoms with van der Waals surface area (Å²) in [5.41, 5.74) is 6.11. The Balaban J connectivity index is 4.67. The lowest BCUT2D eigenvalue weighted by Crippen LogP contribution is -2.12. The molecule has 0 radical (unpaired) electrons. The molecular formula is C9H14N2O5. The molecule has 0 aliphatic rings. The lowest BCUT2D eigenvalue weighted by Gasteiger charge is -2.04. The smallest absolute Gasteiger partial charge is 0.362 e. The van der Waals surface area contributed by atoms with E-state index in [1.165, 1.54) is 0 Å². The van der Waals surface area contributed by atoms with E-state index in [1.54, 1.807) is 13.8 Å². The molecule has 7 heteroatoms. The van der Waals surface area contributed by atoms with Gasteiger partial charge in [0.25, 0.3) is 0 Å². The molecule has 0 aromatic rings. The lowest BCUT2D eigenvalue weighted by molar-refractivity contribution is -0.142. The third-order valence-electron chi connectivity index (χ3n) is 1.47. The van der Waals surface area contributed by atoms with E-state index in [0.29, 0.717) is 0 Å². The van der Waals surface area contributed by atoms with Gasteiger partial charge in [-0.05, 0) is 13.8 Å². The minimum Gasteiger partial charge on any atom is -0.509 e. The number of hydrogen-bond acceptors (Lipinski definition) is 7. The molecular weight excluding hydrogens is 216 g/mol. The first-order valence-corrected chi connectivity index (χ1v) is 4.69. The summed E-state index contributed by atoms with van der Waals surface area (Å²) in [5.74, 6) is -2.28. The van der Waals surface area contributed by atoms with Crippen LogP contribution in [0.4, 0.5) is 0 Å². The van der Waals surface area contributed by atoms with Crippen molar-refractivity contribution in [1.82, 2.24) is 0 Å². The van der Waals surface area contributed by atoms with Crippen LogP contribution in [0.15, 0.2) is 16.6 Å². The molecule has 0 aliphatic carbocycles. The fourth-order valence-electron chi connectivity index (χ4n) is 0.860. The second-order valence-corrected chi connectivity index (χ2v) is 2.61.